The zero-order valence-electron chi connectivity index (χ0n) is 12.4. The second kappa shape index (κ2) is 6.55. The second-order valence-electron chi connectivity index (χ2n) is 4.76. The van der Waals surface area contributed by atoms with Crippen molar-refractivity contribution >= 4 is 27.3 Å². The van der Waals surface area contributed by atoms with Gasteiger partial charge in [0.05, 0.1) is 11.5 Å². The lowest BCUT2D eigenvalue weighted by molar-refractivity contribution is 0.0976. The van der Waals surface area contributed by atoms with Crippen molar-refractivity contribution in [3.63, 3.8) is 0 Å². The van der Waals surface area contributed by atoms with Gasteiger partial charge in [-0.15, -0.1) is 11.3 Å². The number of methoxy groups -OCH3 is 1. The molecule has 1 heterocycles. The molecule has 0 fully saturated rings. The number of nitrogens with zero attached hydrogens (tertiary/aromatic N) is 1. The van der Waals surface area contributed by atoms with Crippen LogP contribution in [0.1, 0.15) is 26.6 Å². The van der Waals surface area contributed by atoms with Crippen LogP contribution in [0.25, 0.3) is 0 Å². The first-order chi connectivity index (χ1) is 10.3. The summed E-state index contributed by atoms with van der Waals surface area (Å²) in [6.45, 7) is 3.84. The van der Waals surface area contributed by atoms with Crippen LogP contribution in [0.15, 0.2) is 28.5 Å². The van der Waals surface area contributed by atoms with Gasteiger partial charge in [-0.05, 0) is 25.5 Å². The van der Waals surface area contributed by atoms with E-state index in [4.69, 9.17) is 4.74 Å². The topological polar surface area (TPSA) is 85.4 Å². The van der Waals surface area contributed by atoms with Crippen molar-refractivity contribution in [3.05, 3.63) is 45.4 Å². The van der Waals surface area contributed by atoms with E-state index in [1.54, 1.807) is 19.1 Å². The summed E-state index contributed by atoms with van der Waals surface area (Å²) in [5.41, 5.74) is 1.59. The molecule has 0 bridgehead atoms. The van der Waals surface area contributed by atoms with E-state index in [2.05, 4.69) is 4.98 Å². The van der Waals surface area contributed by atoms with Gasteiger partial charge in [-0.2, -0.15) is 0 Å². The van der Waals surface area contributed by atoms with Gasteiger partial charge in [0.2, 0.25) is 0 Å². The quantitative estimate of drug-likeness (QED) is 0.900. The number of nitrogens with one attached hydrogen (secondary N) is 1. The number of hydrogen-bond donors (Lipinski definition) is 1. The molecule has 0 spiro atoms. The monoisotopic (exact) mass is 340 g/mol. The van der Waals surface area contributed by atoms with Gasteiger partial charge in [0.15, 0.2) is 0 Å². The number of hydrogen-bond acceptors (Lipinski definition) is 6. The third-order valence-corrected chi connectivity index (χ3v) is 5.21. The van der Waals surface area contributed by atoms with Gasteiger partial charge in [0.1, 0.15) is 10.7 Å². The average molecular weight is 340 g/mol. The van der Waals surface area contributed by atoms with Crippen LogP contribution in [-0.4, -0.2) is 26.4 Å². The number of aromatic nitrogens is 1. The minimum atomic E-state index is -3.92. The van der Waals surface area contributed by atoms with Crippen LogP contribution in [0.3, 0.4) is 0 Å². The highest BCUT2D eigenvalue weighted by atomic mass is 32.2. The molecule has 0 aliphatic rings. The Balaban J connectivity index is 2.22. The molecule has 2 rings (SSSR count). The fourth-order valence-corrected chi connectivity index (χ4v) is 3.87. The van der Waals surface area contributed by atoms with E-state index in [0.717, 1.165) is 5.56 Å². The average Bonchev–Trinajstić information content (AvgIpc) is 2.87. The standard InChI is InChI=1S/C14H16N2O4S2/c1-9-4-5-12(10(2)6-9)22(18,19)16-14(17)11-8-21-13(15-11)7-20-3/h4-6,8H,7H2,1-3H3,(H,16,17). The lowest BCUT2D eigenvalue weighted by atomic mass is 10.2. The van der Waals surface area contributed by atoms with Crippen LogP contribution in [0, 0.1) is 13.8 Å². The molecule has 0 saturated carbocycles. The molecule has 0 saturated heterocycles. The van der Waals surface area contributed by atoms with Crippen LogP contribution in [0.2, 0.25) is 0 Å². The summed E-state index contributed by atoms with van der Waals surface area (Å²) in [6.07, 6.45) is 0. The maximum absolute atomic E-state index is 12.3. The number of ether oxygens (including phenoxy) is 1. The van der Waals surface area contributed by atoms with Crippen molar-refractivity contribution in [1.82, 2.24) is 9.71 Å². The van der Waals surface area contributed by atoms with Crippen LogP contribution in [0.5, 0.6) is 0 Å². The minimum absolute atomic E-state index is 0.0605. The Kier molecular flexibility index (Phi) is 4.94. The number of aryl methyl sites for hydroxylation is 2. The number of thiazole rings is 1. The van der Waals surface area contributed by atoms with E-state index >= 15 is 0 Å². The normalized spacial score (nSPS) is 11.4. The summed E-state index contributed by atoms with van der Waals surface area (Å²) in [5.74, 6) is -0.751. The number of carbonyl (C=O) groups excluding carboxylic acids is 1. The predicted octanol–water partition coefficient (Wildman–Crippen LogP) is 2.03. The number of rotatable bonds is 5. The maximum atomic E-state index is 12.3. The Bertz CT molecular complexity index is 797. The number of amides is 1. The molecular formula is C14H16N2O4S2. The van der Waals surface area contributed by atoms with Crippen LogP contribution in [0.4, 0.5) is 0 Å². The molecule has 0 radical (unpaired) electrons. The minimum Gasteiger partial charge on any atom is -0.378 e. The second-order valence-corrected chi connectivity index (χ2v) is 7.36. The van der Waals surface area contributed by atoms with Gasteiger partial charge in [0, 0.05) is 12.5 Å². The number of benzene rings is 1. The SMILES string of the molecule is COCc1nc(C(=O)NS(=O)(=O)c2ccc(C)cc2C)cs1. The molecule has 118 valence electrons. The van der Waals surface area contributed by atoms with Crippen molar-refractivity contribution in [2.24, 2.45) is 0 Å². The van der Waals surface area contributed by atoms with E-state index in [1.807, 2.05) is 11.6 Å². The highest BCUT2D eigenvalue weighted by Crippen LogP contribution is 2.17. The molecule has 22 heavy (non-hydrogen) atoms. The zero-order chi connectivity index (χ0) is 16.3. The first-order valence-electron chi connectivity index (χ1n) is 6.41. The largest absolute Gasteiger partial charge is 0.378 e. The lowest BCUT2D eigenvalue weighted by Gasteiger charge is -2.09. The summed E-state index contributed by atoms with van der Waals surface area (Å²) in [6, 6.07) is 4.92. The molecule has 0 atom stereocenters. The molecule has 0 aliphatic heterocycles. The van der Waals surface area contributed by atoms with Crippen LogP contribution < -0.4 is 4.72 Å². The van der Waals surface area contributed by atoms with Crippen molar-refractivity contribution in [2.45, 2.75) is 25.3 Å². The molecule has 2 aromatic rings. The summed E-state index contributed by atoms with van der Waals surface area (Å²) in [5, 5.41) is 2.11. The Labute approximate surface area is 133 Å². The van der Waals surface area contributed by atoms with Gasteiger partial charge in [-0.1, -0.05) is 17.7 Å². The van der Waals surface area contributed by atoms with E-state index in [0.29, 0.717) is 10.6 Å². The number of sulfonamides is 1. The summed E-state index contributed by atoms with van der Waals surface area (Å²) < 4.78 is 31.6. The van der Waals surface area contributed by atoms with Crippen molar-refractivity contribution < 1.29 is 17.9 Å². The fourth-order valence-electron chi connectivity index (χ4n) is 1.94. The molecule has 0 aliphatic carbocycles. The highest BCUT2D eigenvalue weighted by Gasteiger charge is 2.22. The summed E-state index contributed by atoms with van der Waals surface area (Å²) in [4.78, 5) is 16.2. The van der Waals surface area contributed by atoms with E-state index < -0.39 is 15.9 Å². The summed E-state index contributed by atoms with van der Waals surface area (Å²) in [7, 11) is -2.40. The van der Waals surface area contributed by atoms with E-state index in [1.165, 1.54) is 29.9 Å². The van der Waals surface area contributed by atoms with Crippen molar-refractivity contribution in [2.75, 3.05) is 7.11 Å². The molecular weight excluding hydrogens is 324 g/mol. The van der Waals surface area contributed by atoms with Gasteiger partial charge in [-0.3, -0.25) is 4.79 Å². The Morgan fingerprint density at radius 2 is 2.09 bits per heavy atom. The first-order valence-corrected chi connectivity index (χ1v) is 8.77. The highest BCUT2D eigenvalue weighted by molar-refractivity contribution is 7.90. The van der Waals surface area contributed by atoms with Gasteiger partial charge >= 0.3 is 0 Å². The van der Waals surface area contributed by atoms with Crippen LogP contribution in [-0.2, 0) is 21.4 Å². The lowest BCUT2D eigenvalue weighted by Crippen LogP contribution is -2.31. The van der Waals surface area contributed by atoms with E-state index in [-0.39, 0.29) is 17.2 Å². The molecule has 1 aromatic carbocycles. The van der Waals surface area contributed by atoms with Gasteiger partial charge in [0.25, 0.3) is 15.9 Å². The molecule has 1 aromatic heterocycles. The summed E-state index contributed by atoms with van der Waals surface area (Å²) >= 11 is 1.24. The van der Waals surface area contributed by atoms with Crippen molar-refractivity contribution in [1.29, 1.82) is 0 Å². The predicted molar refractivity (Wildman–Crippen MR) is 83.4 cm³/mol. The smallest absolute Gasteiger partial charge is 0.284 e. The maximum Gasteiger partial charge on any atom is 0.284 e. The van der Waals surface area contributed by atoms with E-state index in [9.17, 15) is 13.2 Å². The van der Waals surface area contributed by atoms with Gasteiger partial charge in [-0.25, -0.2) is 18.1 Å². The Hall–Kier alpha value is -1.77. The molecule has 1 N–H and O–H groups in total. The molecule has 1 amide bonds. The Morgan fingerprint density at radius 3 is 2.73 bits per heavy atom. The molecule has 0 unspecified atom stereocenters. The Morgan fingerprint density at radius 1 is 1.36 bits per heavy atom. The zero-order valence-corrected chi connectivity index (χ0v) is 14.0. The molecule has 8 heteroatoms. The molecule has 6 nitrogen and oxygen atoms in total. The van der Waals surface area contributed by atoms with Gasteiger partial charge < -0.3 is 4.74 Å². The first kappa shape index (κ1) is 16.6. The van der Waals surface area contributed by atoms with Crippen LogP contribution >= 0.6 is 11.3 Å². The fraction of sp³-hybridized carbons (Fsp3) is 0.286. The third kappa shape index (κ3) is 3.70. The third-order valence-electron chi connectivity index (χ3n) is 2.90. The number of carbonyl (C=O) groups is 1. The van der Waals surface area contributed by atoms with Crippen molar-refractivity contribution in [3.8, 4) is 0 Å².